The average Bonchev–Trinajstić information content (AvgIpc) is 2.95. The predicted octanol–water partition coefficient (Wildman–Crippen LogP) is 4.32. The van der Waals surface area contributed by atoms with Gasteiger partial charge in [-0.15, -0.1) is 0 Å². The Balaban J connectivity index is 1.78. The first-order valence-corrected chi connectivity index (χ1v) is 11.1. The van der Waals surface area contributed by atoms with Gasteiger partial charge in [0.15, 0.2) is 11.5 Å². The van der Waals surface area contributed by atoms with Crippen LogP contribution in [-0.4, -0.2) is 34.7 Å². The molecule has 29 heavy (non-hydrogen) atoms. The molecule has 0 unspecified atom stereocenters. The molecule has 4 aliphatic rings. The van der Waals surface area contributed by atoms with E-state index in [0.717, 1.165) is 18.4 Å². The Morgan fingerprint density at radius 1 is 1.34 bits per heavy atom. The number of ether oxygens (including phenoxy) is 1. The largest absolute Gasteiger partial charge is 0.461 e. The van der Waals surface area contributed by atoms with Crippen LogP contribution in [0.15, 0.2) is 23.8 Å². The molecule has 4 aliphatic carbocycles. The van der Waals surface area contributed by atoms with Crippen LogP contribution in [-0.2, 0) is 14.3 Å². The van der Waals surface area contributed by atoms with Gasteiger partial charge in [-0.1, -0.05) is 32.4 Å². The number of rotatable bonds is 3. The van der Waals surface area contributed by atoms with Crippen LogP contribution in [0.3, 0.4) is 0 Å². The van der Waals surface area contributed by atoms with E-state index in [1.807, 2.05) is 6.92 Å². The van der Waals surface area contributed by atoms with Crippen LogP contribution in [0.25, 0.3) is 0 Å². The van der Waals surface area contributed by atoms with Crippen molar-refractivity contribution in [3.63, 3.8) is 0 Å². The van der Waals surface area contributed by atoms with Gasteiger partial charge >= 0.3 is 5.97 Å². The van der Waals surface area contributed by atoms with Crippen molar-refractivity contribution < 1.29 is 23.8 Å². The first kappa shape index (κ1) is 20.8. The van der Waals surface area contributed by atoms with Gasteiger partial charge in [0, 0.05) is 23.2 Å². The first-order chi connectivity index (χ1) is 13.6. The molecule has 0 amide bonds. The SMILES string of the molecule is CCC(=O)O[C@@H]1[C@@H](C)C[C@H]2[C@@H]3CCC4=CC(=O)C=C[C@]4(C)[C@@]3(F)[C@@H](O)C[C@]12CC. The second-order valence-corrected chi connectivity index (χ2v) is 9.91. The Morgan fingerprint density at radius 3 is 2.72 bits per heavy atom. The fraction of sp³-hybridized carbons (Fsp3) is 0.750. The molecule has 3 fully saturated rings. The number of hydrogen-bond donors (Lipinski definition) is 1. The van der Waals surface area contributed by atoms with Gasteiger partial charge in [-0.05, 0) is 63.0 Å². The molecular weight excluding hydrogens is 371 g/mol. The third-order valence-corrected chi connectivity index (χ3v) is 8.82. The summed E-state index contributed by atoms with van der Waals surface area (Å²) in [5, 5.41) is 11.3. The fourth-order valence-electron chi connectivity index (χ4n) is 7.37. The van der Waals surface area contributed by atoms with E-state index in [1.165, 1.54) is 6.08 Å². The van der Waals surface area contributed by atoms with Crippen molar-refractivity contribution in [2.45, 2.75) is 84.1 Å². The number of fused-ring (bicyclic) bond motifs is 5. The Morgan fingerprint density at radius 2 is 2.07 bits per heavy atom. The van der Waals surface area contributed by atoms with Crippen molar-refractivity contribution in [2.75, 3.05) is 0 Å². The van der Waals surface area contributed by atoms with E-state index in [4.69, 9.17) is 4.74 Å². The number of carbonyl (C=O) groups is 2. The summed E-state index contributed by atoms with van der Waals surface area (Å²) < 4.78 is 22.9. The van der Waals surface area contributed by atoms with Crippen LogP contribution in [0.2, 0.25) is 0 Å². The van der Waals surface area contributed by atoms with E-state index >= 15 is 4.39 Å². The molecule has 0 heterocycles. The molecule has 4 nitrogen and oxygen atoms in total. The van der Waals surface area contributed by atoms with Gasteiger partial charge in [0.25, 0.3) is 0 Å². The summed E-state index contributed by atoms with van der Waals surface area (Å²) in [7, 11) is 0. The van der Waals surface area contributed by atoms with Crippen LogP contribution in [0.1, 0.15) is 66.2 Å². The average molecular weight is 405 g/mol. The molecule has 160 valence electrons. The zero-order chi connectivity index (χ0) is 21.2. The number of carbonyl (C=O) groups excluding carboxylic acids is 2. The number of alkyl halides is 1. The molecule has 0 radical (unpaired) electrons. The maximum Gasteiger partial charge on any atom is 0.305 e. The number of aliphatic hydroxyl groups excluding tert-OH is 1. The molecule has 0 aromatic heterocycles. The third-order valence-electron chi connectivity index (χ3n) is 8.82. The van der Waals surface area contributed by atoms with Gasteiger partial charge in [-0.2, -0.15) is 0 Å². The number of ketones is 1. The number of halogens is 1. The summed E-state index contributed by atoms with van der Waals surface area (Å²) in [6, 6.07) is 0. The van der Waals surface area contributed by atoms with Gasteiger partial charge in [0.2, 0.25) is 0 Å². The smallest absolute Gasteiger partial charge is 0.305 e. The van der Waals surface area contributed by atoms with Crippen LogP contribution >= 0.6 is 0 Å². The van der Waals surface area contributed by atoms with Gasteiger partial charge < -0.3 is 9.84 Å². The van der Waals surface area contributed by atoms with E-state index in [0.29, 0.717) is 19.3 Å². The summed E-state index contributed by atoms with van der Waals surface area (Å²) in [5.74, 6) is -0.461. The highest BCUT2D eigenvalue weighted by atomic mass is 19.1. The summed E-state index contributed by atoms with van der Waals surface area (Å²) in [4.78, 5) is 24.0. The van der Waals surface area contributed by atoms with E-state index in [2.05, 4.69) is 13.8 Å². The molecule has 5 heteroatoms. The molecule has 8 atom stereocenters. The first-order valence-electron chi connectivity index (χ1n) is 11.1. The number of aliphatic hydroxyl groups is 1. The molecule has 0 bridgehead atoms. The Kier molecular flexibility index (Phi) is 4.84. The normalized spacial score (nSPS) is 48.4. The van der Waals surface area contributed by atoms with Crippen molar-refractivity contribution in [3.05, 3.63) is 23.8 Å². The standard InChI is InChI=1S/C24H33FO4/c1-5-20(28)29-21-14(3)11-18-17-8-7-15-12-16(26)9-10-22(15,4)24(17,25)19(27)13-23(18,21)6-2/h9-10,12,14,17-19,21,27H,5-8,11,13H2,1-4H3/t14-,17-,18-,19-,21+,22-,23-,24-/m0/s1. The van der Waals surface area contributed by atoms with Gasteiger partial charge in [0.1, 0.15) is 6.10 Å². The Labute approximate surface area is 172 Å². The molecule has 3 saturated carbocycles. The zero-order valence-electron chi connectivity index (χ0n) is 17.9. The Bertz CT molecular complexity index is 788. The lowest BCUT2D eigenvalue weighted by Gasteiger charge is -2.62. The van der Waals surface area contributed by atoms with Crippen molar-refractivity contribution >= 4 is 11.8 Å². The molecule has 0 saturated heterocycles. The maximum absolute atomic E-state index is 17.0. The lowest BCUT2D eigenvalue weighted by atomic mass is 9.45. The van der Waals surface area contributed by atoms with Crippen molar-refractivity contribution in [2.24, 2.45) is 28.6 Å². The van der Waals surface area contributed by atoms with Crippen LogP contribution in [0.5, 0.6) is 0 Å². The van der Waals surface area contributed by atoms with Crippen LogP contribution < -0.4 is 0 Å². The minimum atomic E-state index is -1.82. The molecule has 1 N–H and O–H groups in total. The van der Waals surface area contributed by atoms with Gasteiger partial charge in [-0.25, -0.2) is 4.39 Å². The van der Waals surface area contributed by atoms with Crippen molar-refractivity contribution in [1.82, 2.24) is 0 Å². The molecular formula is C24H33FO4. The number of allylic oxidation sites excluding steroid dienone is 4. The minimum Gasteiger partial charge on any atom is -0.461 e. The highest BCUT2D eigenvalue weighted by Crippen LogP contribution is 2.69. The van der Waals surface area contributed by atoms with Crippen LogP contribution in [0.4, 0.5) is 4.39 Å². The fourth-order valence-corrected chi connectivity index (χ4v) is 7.37. The summed E-state index contributed by atoms with van der Waals surface area (Å²) >= 11 is 0. The van der Waals surface area contributed by atoms with E-state index in [1.54, 1.807) is 19.1 Å². The topological polar surface area (TPSA) is 63.6 Å². The molecule has 0 aromatic carbocycles. The quantitative estimate of drug-likeness (QED) is 0.712. The van der Waals surface area contributed by atoms with E-state index < -0.39 is 22.6 Å². The number of esters is 1. The van der Waals surface area contributed by atoms with Crippen molar-refractivity contribution in [1.29, 1.82) is 0 Å². The van der Waals surface area contributed by atoms with Gasteiger partial charge in [0.05, 0.1) is 6.10 Å². The van der Waals surface area contributed by atoms with Gasteiger partial charge in [-0.3, -0.25) is 9.59 Å². The molecule has 0 aliphatic heterocycles. The van der Waals surface area contributed by atoms with Crippen LogP contribution in [0, 0.1) is 28.6 Å². The highest BCUT2D eigenvalue weighted by molar-refractivity contribution is 6.01. The third kappa shape index (κ3) is 2.58. The predicted molar refractivity (Wildman–Crippen MR) is 108 cm³/mol. The molecule has 4 rings (SSSR count). The monoisotopic (exact) mass is 404 g/mol. The lowest BCUT2D eigenvalue weighted by Crippen LogP contribution is -2.67. The van der Waals surface area contributed by atoms with E-state index in [9.17, 15) is 14.7 Å². The molecule has 0 aromatic rings. The molecule has 0 spiro atoms. The zero-order valence-corrected chi connectivity index (χ0v) is 17.9. The summed E-state index contributed by atoms with van der Waals surface area (Å²) in [6.45, 7) is 7.78. The maximum atomic E-state index is 17.0. The summed E-state index contributed by atoms with van der Waals surface area (Å²) in [6.07, 6.45) is 6.70. The van der Waals surface area contributed by atoms with E-state index in [-0.39, 0.29) is 42.0 Å². The summed E-state index contributed by atoms with van der Waals surface area (Å²) in [5.41, 5.74) is -2.38. The highest BCUT2D eigenvalue weighted by Gasteiger charge is 2.72. The second kappa shape index (κ2) is 6.76. The number of hydrogen-bond acceptors (Lipinski definition) is 4. The van der Waals surface area contributed by atoms with Crippen molar-refractivity contribution in [3.8, 4) is 0 Å². The minimum absolute atomic E-state index is 0.0509. The lowest BCUT2D eigenvalue weighted by molar-refractivity contribution is -0.212. The Hall–Kier alpha value is -1.49. The second-order valence-electron chi connectivity index (χ2n) is 9.91.